The summed E-state index contributed by atoms with van der Waals surface area (Å²) in [6, 6.07) is 4.22. The summed E-state index contributed by atoms with van der Waals surface area (Å²) < 4.78 is 0. The number of hydrogen-bond acceptors (Lipinski definition) is 1. The highest BCUT2D eigenvalue weighted by atomic mass is 15.2. The molecule has 0 amide bonds. The van der Waals surface area contributed by atoms with E-state index in [1.807, 2.05) is 0 Å². The minimum Gasteiger partial charge on any atom is -0.365 e. The smallest absolute Gasteiger partial charge is 0.0369 e. The van der Waals surface area contributed by atoms with Gasteiger partial charge in [0.05, 0.1) is 0 Å². The normalized spacial score (nSPS) is 26.1. The quantitative estimate of drug-likeness (QED) is 0.826. The molecule has 2 heterocycles. The van der Waals surface area contributed by atoms with E-state index >= 15 is 0 Å². The van der Waals surface area contributed by atoms with Crippen molar-refractivity contribution >= 4 is 0 Å². The van der Waals surface area contributed by atoms with Crippen molar-refractivity contribution in [2.45, 2.75) is 65.1 Å². The molecule has 1 N–H and O–H groups in total. The highest BCUT2D eigenvalue weighted by Gasteiger charge is 2.34. The molecule has 0 saturated carbocycles. The third-order valence-corrected chi connectivity index (χ3v) is 3.90. The monoisotopic (exact) mass is 220 g/mol. The lowest BCUT2D eigenvalue weighted by molar-refractivity contribution is 0.0742. The molecule has 1 aliphatic heterocycles. The average molecular weight is 220 g/mol. The first-order valence-electron chi connectivity index (χ1n) is 6.62. The molecule has 1 aromatic heterocycles. The van der Waals surface area contributed by atoms with Crippen LogP contribution >= 0.6 is 0 Å². The largest absolute Gasteiger partial charge is 0.365 e. The number of fused-ring (bicyclic) bond motifs is 1. The van der Waals surface area contributed by atoms with Crippen LogP contribution in [0.25, 0.3) is 0 Å². The van der Waals surface area contributed by atoms with Crippen LogP contribution in [0.3, 0.4) is 0 Å². The molecule has 0 fully saturated rings. The van der Waals surface area contributed by atoms with Gasteiger partial charge >= 0.3 is 0 Å². The van der Waals surface area contributed by atoms with Crippen molar-refractivity contribution in [2.24, 2.45) is 0 Å². The summed E-state index contributed by atoms with van der Waals surface area (Å²) >= 11 is 0. The molecule has 0 spiro atoms. The maximum Gasteiger partial charge on any atom is 0.0369 e. The SMILES string of the molecule is CC[C@H]1Cc2[nH]ccc2[C@H](CC)N1C(C)C. The van der Waals surface area contributed by atoms with Crippen LogP contribution in [0.15, 0.2) is 12.3 Å². The van der Waals surface area contributed by atoms with Crippen molar-refractivity contribution in [3.05, 3.63) is 23.5 Å². The Balaban J connectivity index is 2.37. The number of nitrogens with one attached hydrogen (secondary N) is 1. The van der Waals surface area contributed by atoms with E-state index in [4.69, 9.17) is 0 Å². The molecule has 0 bridgehead atoms. The van der Waals surface area contributed by atoms with Gasteiger partial charge in [-0.15, -0.1) is 0 Å². The Morgan fingerprint density at radius 1 is 1.38 bits per heavy atom. The lowest BCUT2D eigenvalue weighted by Gasteiger charge is -2.44. The van der Waals surface area contributed by atoms with Crippen molar-refractivity contribution in [3.63, 3.8) is 0 Å². The van der Waals surface area contributed by atoms with E-state index in [1.165, 1.54) is 30.5 Å². The van der Waals surface area contributed by atoms with Gasteiger partial charge in [0.1, 0.15) is 0 Å². The van der Waals surface area contributed by atoms with Crippen LogP contribution in [0.2, 0.25) is 0 Å². The Bertz CT molecular complexity index is 340. The molecular formula is C14H24N2. The molecule has 2 heteroatoms. The highest BCUT2D eigenvalue weighted by molar-refractivity contribution is 5.28. The Morgan fingerprint density at radius 2 is 2.12 bits per heavy atom. The van der Waals surface area contributed by atoms with Gasteiger partial charge < -0.3 is 4.98 Å². The van der Waals surface area contributed by atoms with Crippen LogP contribution in [0.1, 0.15) is 57.8 Å². The zero-order valence-electron chi connectivity index (χ0n) is 11.0. The van der Waals surface area contributed by atoms with E-state index in [1.54, 1.807) is 0 Å². The summed E-state index contributed by atoms with van der Waals surface area (Å²) in [4.78, 5) is 6.12. The van der Waals surface area contributed by atoms with Gasteiger partial charge in [-0.3, -0.25) is 4.90 Å². The van der Waals surface area contributed by atoms with Gasteiger partial charge in [-0.05, 0) is 38.3 Å². The second-order valence-corrected chi connectivity index (χ2v) is 5.14. The van der Waals surface area contributed by atoms with Gasteiger partial charge in [-0.25, -0.2) is 0 Å². The minimum atomic E-state index is 0.611. The number of aromatic amines is 1. The van der Waals surface area contributed by atoms with E-state index < -0.39 is 0 Å². The standard InChI is InChI=1S/C14H24N2/c1-5-11-9-13-12(7-8-15-13)14(6-2)16(11)10(3)4/h7-8,10-11,14-15H,5-6,9H2,1-4H3/t11-,14-/m0/s1. The fraction of sp³-hybridized carbons (Fsp3) is 0.714. The summed E-state index contributed by atoms with van der Waals surface area (Å²) in [7, 11) is 0. The van der Waals surface area contributed by atoms with Crippen molar-refractivity contribution in [1.82, 2.24) is 9.88 Å². The molecule has 0 saturated heterocycles. The third-order valence-electron chi connectivity index (χ3n) is 3.90. The van der Waals surface area contributed by atoms with Gasteiger partial charge in [0.2, 0.25) is 0 Å². The van der Waals surface area contributed by atoms with Crippen LogP contribution in [0, 0.1) is 0 Å². The lowest BCUT2D eigenvalue weighted by Crippen LogP contribution is -2.46. The van der Waals surface area contributed by atoms with Crippen LogP contribution in [-0.2, 0) is 6.42 Å². The van der Waals surface area contributed by atoms with Crippen molar-refractivity contribution in [1.29, 1.82) is 0 Å². The van der Waals surface area contributed by atoms with Crippen molar-refractivity contribution in [3.8, 4) is 0 Å². The zero-order chi connectivity index (χ0) is 11.7. The van der Waals surface area contributed by atoms with Crippen LogP contribution in [0.5, 0.6) is 0 Å². The minimum absolute atomic E-state index is 0.611. The first kappa shape index (κ1) is 11.7. The molecule has 1 aromatic rings. The summed E-state index contributed by atoms with van der Waals surface area (Å²) in [6.07, 6.45) is 5.74. The van der Waals surface area contributed by atoms with Crippen molar-refractivity contribution < 1.29 is 0 Å². The number of H-pyrrole nitrogens is 1. The van der Waals surface area contributed by atoms with Crippen LogP contribution in [-0.4, -0.2) is 22.0 Å². The van der Waals surface area contributed by atoms with Gasteiger partial charge in [0.15, 0.2) is 0 Å². The van der Waals surface area contributed by atoms with Crippen LogP contribution in [0.4, 0.5) is 0 Å². The number of aromatic nitrogens is 1. The molecule has 2 rings (SSSR count). The highest BCUT2D eigenvalue weighted by Crippen LogP contribution is 2.37. The first-order chi connectivity index (χ1) is 7.69. The summed E-state index contributed by atoms with van der Waals surface area (Å²) in [5.74, 6) is 0. The number of hydrogen-bond donors (Lipinski definition) is 1. The summed E-state index contributed by atoms with van der Waals surface area (Å²) in [5, 5.41) is 0. The Labute approximate surface area is 99.0 Å². The fourth-order valence-electron chi connectivity index (χ4n) is 3.23. The average Bonchev–Trinajstić information content (AvgIpc) is 2.73. The Morgan fingerprint density at radius 3 is 2.69 bits per heavy atom. The maximum atomic E-state index is 3.42. The Kier molecular flexibility index (Phi) is 3.38. The Hall–Kier alpha value is -0.760. The van der Waals surface area contributed by atoms with Crippen LogP contribution < -0.4 is 0 Å². The second-order valence-electron chi connectivity index (χ2n) is 5.14. The van der Waals surface area contributed by atoms with Gasteiger partial charge in [0, 0.05) is 36.4 Å². The third kappa shape index (κ3) is 1.80. The predicted octanol–water partition coefficient (Wildman–Crippen LogP) is 3.51. The molecule has 0 unspecified atom stereocenters. The molecule has 90 valence electrons. The molecule has 16 heavy (non-hydrogen) atoms. The number of nitrogens with zero attached hydrogens (tertiary/aromatic N) is 1. The van der Waals surface area contributed by atoms with E-state index in [-0.39, 0.29) is 0 Å². The molecular weight excluding hydrogens is 196 g/mol. The fourth-order valence-corrected chi connectivity index (χ4v) is 3.23. The molecule has 1 aliphatic rings. The van der Waals surface area contributed by atoms with E-state index in [9.17, 15) is 0 Å². The van der Waals surface area contributed by atoms with E-state index in [0.29, 0.717) is 18.1 Å². The van der Waals surface area contributed by atoms with Gasteiger partial charge in [-0.1, -0.05) is 13.8 Å². The summed E-state index contributed by atoms with van der Waals surface area (Å²) in [6.45, 7) is 9.25. The van der Waals surface area contributed by atoms with E-state index in [2.05, 4.69) is 49.8 Å². The molecule has 0 radical (unpaired) electrons. The van der Waals surface area contributed by atoms with Gasteiger partial charge in [0.25, 0.3) is 0 Å². The second kappa shape index (κ2) is 4.62. The topological polar surface area (TPSA) is 19.0 Å². The lowest BCUT2D eigenvalue weighted by atomic mass is 9.89. The zero-order valence-corrected chi connectivity index (χ0v) is 11.0. The summed E-state index contributed by atoms with van der Waals surface area (Å²) in [5.41, 5.74) is 3.00. The first-order valence-corrected chi connectivity index (χ1v) is 6.62. The van der Waals surface area contributed by atoms with Crippen molar-refractivity contribution in [2.75, 3.05) is 0 Å². The molecule has 0 aromatic carbocycles. The molecule has 0 aliphatic carbocycles. The molecule has 2 nitrogen and oxygen atoms in total. The van der Waals surface area contributed by atoms with Gasteiger partial charge in [-0.2, -0.15) is 0 Å². The predicted molar refractivity (Wildman–Crippen MR) is 68.6 cm³/mol. The molecule has 2 atom stereocenters. The number of rotatable bonds is 3. The van der Waals surface area contributed by atoms with E-state index in [0.717, 1.165) is 0 Å². The maximum absolute atomic E-state index is 3.42.